The lowest BCUT2D eigenvalue weighted by Crippen LogP contribution is -2.81. The van der Waals surface area contributed by atoms with E-state index in [2.05, 4.69) is 283 Å². The predicted octanol–water partition coefficient (Wildman–Crippen LogP) is 12.2. The first-order chi connectivity index (χ1) is 35.2. The zero-order valence-corrected chi connectivity index (χ0v) is 41.6. The van der Waals surface area contributed by atoms with Crippen molar-refractivity contribution in [2.45, 2.75) is 18.9 Å². The Hall–Kier alpha value is -8.29. The van der Waals surface area contributed by atoms with Gasteiger partial charge in [0, 0.05) is 33.5 Å². The first-order valence-corrected chi connectivity index (χ1v) is 29.1. The molecule has 0 aliphatic carbocycles. The SMILES string of the molecule is C/C=C\C=C1/CC(c2ccccc2)[Si]2(c3ccccc3)c3cc(-c4ccccc4)ccc3N3c4ccc(-c5ccccc5)cc4[Si](c4ccccc4)(c4ccccc4)c4cc5c6ccccc6n1c5c2c43. The van der Waals surface area contributed by atoms with Gasteiger partial charge in [-0.05, 0) is 113 Å². The minimum absolute atomic E-state index is 0.120. The molecule has 10 aromatic carbocycles. The molecule has 0 saturated carbocycles. The second kappa shape index (κ2) is 16.4. The molecule has 4 heterocycles. The highest BCUT2D eigenvalue weighted by Gasteiger charge is 2.60. The highest BCUT2D eigenvalue weighted by atomic mass is 28.3. The van der Waals surface area contributed by atoms with Crippen LogP contribution in [0.3, 0.4) is 0 Å². The second-order valence-corrected chi connectivity index (χ2v) is 27.1. The monoisotopic (exact) mass is 938 g/mol. The quantitative estimate of drug-likeness (QED) is 0.145. The van der Waals surface area contributed by atoms with Gasteiger partial charge in [0.1, 0.15) is 0 Å². The van der Waals surface area contributed by atoms with E-state index >= 15 is 0 Å². The molecule has 2 unspecified atom stereocenters. The summed E-state index contributed by atoms with van der Waals surface area (Å²) in [7, 11) is -6.53. The summed E-state index contributed by atoms with van der Waals surface area (Å²) in [6.07, 6.45) is 7.74. The van der Waals surface area contributed by atoms with Crippen molar-refractivity contribution >= 4 is 97.0 Å². The van der Waals surface area contributed by atoms with Crippen LogP contribution in [0.25, 0.3) is 49.8 Å². The summed E-state index contributed by atoms with van der Waals surface area (Å²) < 4.78 is 2.71. The van der Waals surface area contributed by atoms with Gasteiger partial charge in [0.2, 0.25) is 0 Å². The van der Waals surface area contributed by atoms with Gasteiger partial charge in [-0.25, -0.2) is 0 Å². The van der Waals surface area contributed by atoms with E-state index in [4.69, 9.17) is 0 Å². The van der Waals surface area contributed by atoms with Gasteiger partial charge in [0.25, 0.3) is 0 Å². The Labute approximate surface area is 417 Å². The van der Waals surface area contributed by atoms with Gasteiger partial charge < -0.3 is 9.47 Å². The lowest BCUT2D eigenvalue weighted by Gasteiger charge is -2.53. The summed E-state index contributed by atoms with van der Waals surface area (Å²) in [5.41, 5.74) is 14.3. The largest absolute Gasteiger partial charge is 0.313 e. The molecule has 71 heavy (non-hydrogen) atoms. The molecule has 0 bridgehead atoms. The van der Waals surface area contributed by atoms with Crippen molar-refractivity contribution in [1.29, 1.82) is 0 Å². The molecule has 0 spiro atoms. The Bertz CT molecular complexity index is 3860. The lowest BCUT2D eigenvalue weighted by atomic mass is 10.0. The zero-order chi connectivity index (χ0) is 47.1. The second-order valence-electron chi connectivity index (χ2n) is 19.4. The molecule has 14 rings (SSSR count). The fourth-order valence-electron chi connectivity index (χ4n) is 13.2. The van der Waals surface area contributed by atoms with Crippen molar-refractivity contribution < 1.29 is 0 Å². The third-order valence-corrected chi connectivity index (χ3v) is 26.2. The van der Waals surface area contributed by atoms with Crippen LogP contribution in [0, 0.1) is 0 Å². The van der Waals surface area contributed by atoms with E-state index in [0.717, 1.165) is 6.42 Å². The molecule has 0 N–H and O–H groups in total. The third kappa shape index (κ3) is 5.93. The number of fused-ring (bicyclic) bond motifs is 8. The van der Waals surface area contributed by atoms with Crippen molar-refractivity contribution in [2.24, 2.45) is 0 Å². The zero-order valence-electron chi connectivity index (χ0n) is 39.6. The summed E-state index contributed by atoms with van der Waals surface area (Å²) in [5.74, 6) is 0. The van der Waals surface area contributed by atoms with Crippen LogP contribution in [0.4, 0.5) is 17.1 Å². The number of nitrogens with zero attached hydrogens (tertiary/aromatic N) is 2. The van der Waals surface area contributed by atoms with Crippen molar-refractivity contribution in [3.63, 3.8) is 0 Å². The van der Waals surface area contributed by atoms with Gasteiger partial charge in [0.15, 0.2) is 16.1 Å². The molecule has 336 valence electrons. The Balaban J connectivity index is 1.28. The van der Waals surface area contributed by atoms with Crippen LogP contribution in [0.5, 0.6) is 0 Å². The average Bonchev–Trinajstić information content (AvgIpc) is 3.71. The Morgan fingerprint density at radius 1 is 0.451 bits per heavy atom. The number of rotatable bonds is 7. The molecule has 11 aromatic rings. The molecule has 2 nitrogen and oxygen atoms in total. The number of anilines is 3. The van der Waals surface area contributed by atoms with Crippen LogP contribution in [0.15, 0.2) is 267 Å². The maximum atomic E-state index is 2.76. The average molecular weight is 939 g/mol. The molecular formula is C67H50N2Si2. The van der Waals surface area contributed by atoms with E-state index < -0.39 is 16.1 Å². The Morgan fingerprint density at radius 3 is 1.55 bits per heavy atom. The maximum absolute atomic E-state index is 3.30. The van der Waals surface area contributed by atoms with Crippen LogP contribution in [-0.2, 0) is 0 Å². The third-order valence-electron chi connectivity index (χ3n) is 16.0. The van der Waals surface area contributed by atoms with Gasteiger partial charge in [-0.3, -0.25) is 0 Å². The molecule has 1 aromatic heterocycles. The van der Waals surface area contributed by atoms with Crippen LogP contribution in [-0.4, -0.2) is 20.7 Å². The number of hydrogen-bond donors (Lipinski definition) is 0. The molecule has 2 atom stereocenters. The van der Waals surface area contributed by atoms with Crippen LogP contribution in [0.2, 0.25) is 0 Å². The number of aromatic nitrogens is 1. The first kappa shape index (κ1) is 41.7. The van der Waals surface area contributed by atoms with Crippen LogP contribution < -0.4 is 41.2 Å². The summed E-state index contributed by atoms with van der Waals surface area (Å²) in [4.78, 5) is 2.76. The molecular weight excluding hydrogens is 889 g/mol. The van der Waals surface area contributed by atoms with Gasteiger partial charge >= 0.3 is 0 Å². The number of allylic oxidation sites excluding steroid dienone is 4. The van der Waals surface area contributed by atoms with Crippen LogP contribution in [0.1, 0.15) is 24.4 Å². The van der Waals surface area contributed by atoms with Crippen molar-refractivity contribution in [3.8, 4) is 22.3 Å². The topological polar surface area (TPSA) is 8.17 Å². The molecule has 0 amide bonds. The fraction of sp³-hybridized carbons (Fsp3) is 0.0448. The highest BCUT2D eigenvalue weighted by molar-refractivity contribution is 7.23. The van der Waals surface area contributed by atoms with Crippen LogP contribution >= 0.6 is 0 Å². The fourth-order valence-corrected chi connectivity index (χ4v) is 24.7. The van der Waals surface area contributed by atoms with Gasteiger partial charge in [-0.15, -0.1) is 0 Å². The van der Waals surface area contributed by atoms with E-state index in [-0.39, 0.29) is 5.54 Å². The number of hydrogen-bond acceptors (Lipinski definition) is 1. The Kier molecular flexibility index (Phi) is 9.63. The minimum atomic E-state index is -3.30. The van der Waals surface area contributed by atoms with Crippen molar-refractivity contribution in [3.05, 3.63) is 273 Å². The van der Waals surface area contributed by atoms with E-state index in [1.807, 2.05) is 0 Å². The van der Waals surface area contributed by atoms with Crippen molar-refractivity contribution in [2.75, 3.05) is 4.90 Å². The minimum Gasteiger partial charge on any atom is -0.313 e. The molecule has 0 saturated heterocycles. The van der Waals surface area contributed by atoms with Gasteiger partial charge in [0.05, 0.1) is 11.0 Å². The number of benzene rings is 10. The van der Waals surface area contributed by atoms with E-state index in [9.17, 15) is 0 Å². The number of para-hydroxylation sites is 1. The standard InChI is InChI=1S/C67H50N2Si2/c1-2-3-30-52-45-61(49-28-14-6-15-29-49)71(55-35-20-9-21-36-55)63-44-51(48-26-12-5-13-27-48)40-42-60(63)69-59-41-39-50(47-24-10-4-11-25-47)43-62(59)70(53-31-16-7-17-32-53,54-33-18-8-19-34-54)64-46-57-56-37-22-23-38-58(56)68(52)65(57)67(71)66(64)69/h2-44,46,61H,45H2,1H3/b3-2-,52-30+. The molecule has 3 aliphatic rings. The summed E-state index contributed by atoms with van der Waals surface area (Å²) in [6, 6.07) is 95.7. The first-order valence-electron chi connectivity index (χ1n) is 25.1. The molecule has 0 radical (unpaired) electrons. The molecule has 4 heteroatoms. The lowest BCUT2D eigenvalue weighted by molar-refractivity contribution is 0.908. The van der Waals surface area contributed by atoms with Crippen molar-refractivity contribution in [1.82, 2.24) is 4.57 Å². The van der Waals surface area contributed by atoms with E-state index in [1.54, 1.807) is 0 Å². The maximum Gasteiger partial charge on any atom is 0.184 e. The van der Waals surface area contributed by atoms with E-state index in [0.29, 0.717) is 0 Å². The molecule has 3 aliphatic heterocycles. The highest BCUT2D eigenvalue weighted by Crippen LogP contribution is 2.51. The molecule has 0 fully saturated rings. The summed E-state index contributed by atoms with van der Waals surface area (Å²) in [6.45, 7) is 2.14. The normalized spacial score (nSPS) is 17.8. The summed E-state index contributed by atoms with van der Waals surface area (Å²) in [5, 5.41) is 12.7. The van der Waals surface area contributed by atoms with E-state index in [1.165, 1.54) is 109 Å². The predicted molar refractivity (Wildman–Crippen MR) is 306 cm³/mol. The Morgan fingerprint density at radius 2 is 0.958 bits per heavy atom. The smallest absolute Gasteiger partial charge is 0.184 e. The van der Waals surface area contributed by atoms with Gasteiger partial charge in [-0.1, -0.05) is 237 Å². The summed E-state index contributed by atoms with van der Waals surface area (Å²) >= 11 is 0. The van der Waals surface area contributed by atoms with Gasteiger partial charge in [-0.2, -0.15) is 0 Å².